The predicted octanol–water partition coefficient (Wildman–Crippen LogP) is 4.41. The minimum absolute atomic E-state index is 0.0561. The van der Waals surface area contributed by atoms with Crippen LogP contribution in [0.15, 0.2) is 78.9 Å². The lowest BCUT2D eigenvalue weighted by atomic mass is 10.0. The van der Waals surface area contributed by atoms with E-state index < -0.39 is 18.1 Å². The molecule has 0 aliphatic rings. The Bertz CT molecular complexity index is 1050. The summed E-state index contributed by atoms with van der Waals surface area (Å²) in [6.45, 7) is 2.02. The van der Waals surface area contributed by atoms with E-state index in [2.05, 4.69) is 0 Å². The Kier molecular flexibility index (Phi) is 8.30. The number of phenolic OH excluding ortho intramolecular Hbond substituents is 2. The van der Waals surface area contributed by atoms with Gasteiger partial charge in [0, 0.05) is 13.0 Å². The van der Waals surface area contributed by atoms with Gasteiger partial charge in [-0.05, 0) is 35.7 Å². The molecule has 1 unspecified atom stereocenters. The van der Waals surface area contributed by atoms with Crippen molar-refractivity contribution in [1.29, 1.82) is 0 Å². The Morgan fingerprint density at radius 1 is 0.818 bits per heavy atom. The minimum atomic E-state index is -1.00. The Labute approximate surface area is 192 Å². The van der Waals surface area contributed by atoms with Crippen molar-refractivity contribution >= 4 is 12.1 Å². The maximum absolute atomic E-state index is 13.2. The number of amides is 1. The van der Waals surface area contributed by atoms with Gasteiger partial charge in [-0.15, -0.1) is 0 Å². The standard InChI is InChI=1S/C26H27NO6/c1-2-32-25(30)22(15-21-13-14-23(28)24(29)16-21)27(17-19-9-5-3-6-10-19)26(31)33-18-20-11-7-4-8-12-20/h3-14,16,22,28-29H,2,15,17-18H2,1H3. The number of ether oxygens (including phenoxy) is 2. The topological polar surface area (TPSA) is 96.3 Å². The molecule has 0 fully saturated rings. The molecule has 7 nitrogen and oxygen atoms in total. The molecule has 2 N–H and O–H groups in total. The van der Waals surface area contributed by atoms with Crippen molar-refractivity contribution in [3.63, 3.8) is 0 Å². The number of hydrogen-bond donors (Lipinski definition) is 2. The lowest BCUT2D eigenvalue weighted by Crippen LogP contribution is -2.47. The molecule has 1 atom stereocenters. The largest absolute Gasteiger partial charge is 0.504 e. The molecule has 3 aromatic rings. The van der Waals surface area contributed by atoms with Gasteiger partial charge in [-0.2, -0.15) is 0 Å². The zero-order valence-electron chi connectivity index (χ0n) is 18.4. The van der Waals surface area contributed by atoms with Gasteiger partial charge < -0.3 is 19.7 Å². The molecule has 172 valence electrons. The molecule has 0 spiro atoms. The van der Waals surface area contributed by atoms with E-state index in [1.54, 1.807) is 13.0 Å². The second-order valence-corrected chi connectivity index (χ2v) is 7.45. The van der Waals surface area contributed by atoms with Crippen LogP contribution in [0.5, 0.6) is 11.5 Å². The summed E-state index contributed by atoms with van der Waals surface area (Å²) in [5.41, 5.74) is 2.19. The van der Waals surface area contributed by atoms with Crippen molar-refractivity contribution in [3.05, 3.63) is 95.6 Å². The molecule has 0 aliphatic carbocycles. The third kappa shape index (κ3) is 6.74. The van der Waals surface area contributed by atoms with Crippen molar-refractivity contribution in [2.75, 3.05) is 6.61 Å². The number of carbonyl (C=O) groups is 2. The molecule has 3 aromatic carbocycles. The number of hydrogen-bond acceptors (Lipinski definition) is 6. The number of nitrogens with zero attached hydrogens (tertiary/aromatic N) is 1. The molecule has 0 saturated heterocycles. The molecule has 0 saturated carbocycles. The summed E-state index contributed by atoms with van der Waals surface area (Å²) in [6, 6.07) is 21.8. The van der Waals surface area contributed by atoms with Crippen LogP contribution in [0.1, 0.15) is 23.6 Å². The zero-order valence-corrected chi connectivity index (χ0v) is 18.4. The van der Waals surface area contributed by atoms with Gasteiger partial charge in [0.1, 0.15) is 12.6 Å². The molecule has 3 rings (SSSR count). The first-order chi connectivity index (χ1) is 16.0. The monoisotopic (exact) mass is 449 g/mol. The highest BCUT2D eigenvalue weighted by atomic mass is 16.6. The normalized spacial score (nSPS) is 11.4. The number of esters is 1. The third-order valence-electron chi connectivity index (χ3n) is 5.04. The fourth-order valence-electron chi connectivity index (χ4n) is 3.36. The van der Waals surface area contributed by atoms with Gasteiger partial charge in [0.05, 0.1) is 6.61 Å². The van der Waals surface area contributed by atoms with Crippen LogP contribution in [-0.2, 0) is 33.8 Å². The molecular weight excluding hydrogens is 422 g/mol. The van der Waals surface area contributed by atoms with Crippen molar-refractivity contribution in [1.82, 2.24) is 4.90 Å². The number of rotatable bonds is 9. The minimum Gasteiger partial charge on any atom is -0.504 e. The quantitative estimate of drug-likeness (QED) is 0.371. The highest BCUT2D eigenvalue weighted by molar-refractivity contribution is 5.82. The SMILES string of the molecule is CCOC(=O)C(Cc1ccc(O)c(O)c1)N(Cc1ccccc1)C(=O)OCc1ccccc1. The van der Waals surface area contributed by atoms with Crippen molar-refractivity contribution in [2.45, 2.75) is 32.5 Å². The Morgan fingerprint density at radius 3 is 2.06 bits per heavy atom. The second-order valence-electron chi connectivity index (χ2n) is 7.45. The Balaban J connectivity index is 1.89. The van der Waals surface area contributed by atoms with Crippen molar-refractivity contribution in [2.24, 2.45) is 0 Å². The molecule has 0 aliphatic heterocycles. The highest BCUT2D eigenvalue weighted by Gasteiger charge is 2.33. The van der Waals surface area contributed by atoms with Crippen LogP contribution in [0.3, 0.4) is 0 Å². The lowest BCUT2D eigenvalue weighted by Gasteiger charge is -2.30. The second kappa shape index (κ2) is 11.6. The maximum atomic E-state index is 13.2. The molecule has 1 amide bonds. The summed E-state index contributed by atoms with van der Waals surface area (Å²) < 4.78 is 10.8. The van der Waals surface area contributed by atoms with Crippen LogP contribution in [0.4, 0.5) is 4.79 Å². The van der Waals surface area contributed by atoms with Gasteiger partial charge in [-0.3, -0.25) is 4.90 Å². The lowest BCUT2D eigenvalue weighted by molar-refractivity contribution is -0.149. The van der Waals surface area contributed by atoms with Crippen LogP contribution in [0.25, 0.3) is 0 Å². The number of carbonyl (C=O) groups excluding carboxylic acids is 2. The van der Waals surface area contributed by atoms with E-state index in [9.17, 15) is 19.8 Å². The molecule has 7 heteroatoms. The van der Waals surface area contributed by atoms with E-state index >= 15 is 0 Å². The summed E-state index contributed by atoms with van der Waals surface area (Å²) in [6.07, 6.45) is -0.594. The van der Waals surface area contributed by atoms with Gasteiger partial charge in [0.15, 0.2) is 11.5 Å². The zero-order chi connectivity index (χ0) is 23.6. The summed E-state index contributed by atoms with van der Waals surface area (Å²) in [7, 11) is 0. The number of benzene rings is 3. The summed E-state index contributed by atoms with van der Waals surface area (Å²) in [5, 5.41) is 19.5. The summed E-state index contributed by atoms with van der Waals surface area (Å²) in [4.78, 5) is 27.4. The summed E-state index contributed by atoms with van der Waals surface area (Å²) in [5.74, 6) is -1.16. The Hall–Kier alpha value is -4.00. The van der Waals surface area contributed by atoms with Gasteiger partial charge in [-0.1, -0.05) is 66.7 Å². The average molecular weight is 450 g/mol. The number of phenols is 2. The van der Waals surface area contributed by atoms with Gasteiger partial charge >= 0.3 is 12.1 Å². The third-order valence-corrected chi connectivity index (χ3v) is 5.04. The van der Waals surface area contributed by atoms with E-state index in [0.29, 0.717) is 5.56 Å². The maximum Gasteiger partial charge on any atom is 0.411 e. The van der Waals surface area contributed by atoms with E-state index in [0.717, 1.165) is 11.1 Å². The first-order valence-electron chi connectivity index (χ1n) is 10.7. The van der Waals surface area contributed by atoms with Crippen LogP contribution in [-0.4, -0.2) is 39.8 Å². The van der Waals surface area contributed by atoms with E-state index in [-0.39, 0.29) is 37.7 Å². The van der Waals surface area contributed by atoms with Crippen LogP contribution in [0, 0.1) is 0 Å². The molecule has 0 aromatic heterocycles. The van der Waals surface area contributed by atoms with E-state index in [1.807, 2.05) is 60.7 Å². The van der Waals surface area contributed by atoms with Crippen LogP contribution in [0.2, 0.25) is 0 Å². The van der Waals surface area contributed by atoms with Gasteiger partial charge in [0.25, 0.3) is 0 Å². The van der Waals surface area contributed by atoms with Gasteiger partial charge in [0.2, 0.25) is 0 Å². The average Bonchev–Trinajstić information content (AvgIpc) is 2.83. The smallest absolute Gasteiger partial charge is 0.411 e. The van der Waals surface area contributed by atoms with E-state index in [4.69, 9.17) is 9.47 Å². The molecule has 0 bridgehead atoms. The first-order valence-corrected chi connectivity index (χ1v) is 10.7. The predicted molar refractivity (Wildman–Crippen MR) is 123 cm³/mol. The van der Waals surface area contributed by atoms with Crippen molar-refractivity contribution in [3.8, 4) is 11.5 Å². The van der Waals surface area contributed by atoms with Crippen molar-refractivity contribution < 1.29 is 29.3 Å². The molecule has 0 heterocycles. The Morgan fingerprint density at radius 2 is 1.45 bits per heavy atom. The first kappa shape index (κ1) is 23.7. The molecule has 0 radical (unpaired) electrons. The van der Waals surface area contributed by atoms with Crippen LogP contribution >= 0.6 is 0 Å². The van der Waals surface area contributed by atoms with E-state index in [1.165, 1.54) is 17.0 Å². The van der Waals surface area contributed by atoms with Crippen LogP contribution < -0.4 is 0 Å². The highest BCUT2D eigenvalue weighted by Crippen LogP contribution is 2.26. The van der Waals surface area contributed by atoms with Gasteiger partial charge in [-0.25, -0.2) is 9.59 Å². The fraction of sp³-hybridized carbons (Fsp3) is 0.231. The molecule has 33 heavy (non-hydrogen) atoms. The summed E-state index contributed by atoms with van der Waals surface area (Å²) >= 11 is 0. The fourth-order valence-corrected chi connectivity index (χ4v) is 3.36. The number of aromatic hydroxyl groups is 2. The molecular formula is C26H27NO6.